The van der Waals surface area contributed by atoms with E-state index in [0.29, 0.717) is 72.5 Å². The number of aromatic nitrogens is 3. The summed E-state index contributed by atoms with van der Waals surface area (Å²) in [5.41, 5.74) is 2.07. The number of anilines is 4. The van der Waals surface area contributed by atoms with E-state index >= 15 is 0 Å². The molecule has 310 valence electrons. The predicted octanol–water partition coefficient (Wildman–Crippen LogP) is 7.71. The summed E-state index contributed by atoms with van der Waals surface area (Å²) in [6.07, 6.45) is 0.574. The van der Waals surface area contributed by atoms with Crippen molar-refractivity contribution >= 4 is 68.3 Å². The van der Waals surface area contributed by atoms with Gasteiger partial charge in [0.25, 0.3) is 0 Å². The summed E-state index contributed by atoms with van der Waals surface area (Å²) in [6, 6.07) is 16.0. The Labute approximate surface area is 353 Å². The summed E-state index contributed by atoms with van der Waals surface area (Å²) in [4.78, 5) is 45.6. The third-order valence-corrected chi connectivity index (χ3v) is 11.1. The van der Waals surface area contributed by atoms with Crippen molar-refractivity contribution in [2.45, 2.75) is 45.2 Å². The molecule has 2 aliphatic heterocycles. The van der Waals surface area contributed by atoms with Crippen LogP contribution in [-0.4, -0.2) is 98.4 Å². The number of fused-ring (bicyclic) bond motifs is 1. The van der Waals surface area contributed by atoms with Gasteiger partial charge in [-0.2, -0.15) is 9.97 Å². The van der Waals surface area contributed by atoms with Crippen LogP contribution in [0.4, 0.5) is 36.3 Å². The van der Waals surface area contributed by atoms with E-state index in [2.05, 4.69) is 29.0 Å². The number of rotatable bonds is 15. The lowest BCUT2D eigenvalue weighted by atomic mass is 10.0. The quantitative estimate of drug-likeness (QED) is 0.0628. The van der Waals surface area contributed by atoms with Gasteiger partial charge in [0, 0.05) is 40.6 Å². The Morgan fingerprint density at radius 3 is 2.37 bits per heavy atom. The van der Waals surface area contributed by atoms with Gasteiger partial charge in [-0.1, -0.05) is 0 Å². The minimum Gasteiger partial charge on any atom is -0.496 e. The van der Waals surface area contributed by atoms with Gasteiger partial charge in [-0.3, -0.25) is 9.59 Å². The average Bonchev–Trinajstić information content (AvgIpc) is 3.23. The van der Waals surface area contributed by atoms with Crippen LogP contribution in [-0.2, 0) is 25.4 Å². The minimum absolute atomic E-state index is 0.0200. The number of pyridine rings is 1. The van der Waals surface area contributed by atoms with Crippen molar-refractivity contribution in [3.63, 3.8) is 0 Å². The van der Waals surface area contributed by atoms with E-state index in [9.17, 15) is 22.8 Å². The number of carbonyl (C=O) groups excluding carboxylic acids is 2. The Kier molecular flexibility index (Phi) is 13.6. The van der Waals surface area contributed by atoms with Crippen molar-refractivity contribution in [3.8, 4) is 17.0 Å². The van der Waals surface area contributed by atoms with Crippen molar-refractivity contribution in [2.75, 3.05) is 75.0 Å². The van der Waals surface area contributed by atoms with Gasteiger partial charge in [0.2, 0.25) is 5.95 Å². The van der Waals surface area contributed by atoms with E-state index in [1.54, 1.807) is 13.2 Å². The van der Waals surface area contributed by atoms with E-state index in [1.165, 1.54) is 12.1 Å². The van der Waals surface area contributed by atoms with Crippen LogP contribution in [0.2, 0.25) is 0 Å². The van der Waals surface area contributed by atoms with Gasteiger partial charge in [-0.05, 0) is 109 Å². The molecule has 0 bridgehead atoms. The first kappa shape index (κ1) is 42.2. The number of ether oxygens (including phenoxy) is 4. The van der Waals surface area contributed by atoms with E-state index in [-0.39, 0.29) is 48.6 Å². The molecule has 1 N–H and O–H groups in total. The first-order chi connectivity index (χ1) is 28.5. The molecule has 0 aliphatic carbocycles. The maximum Gasteiger partial charge on any atom is 0.229 e. The van der Waals surface area contributed by atoms with E-state index in [1.807, 2.05) is 52.9 Å². The van der Waals surface area contributed by atoms with Crippen LogP contribution >= 0.6 is 22.6 Å². The van der Waals surface area contributed by atoms with Crippen LogP contribution in [0.5, 0.6) is 5.75 Å². The molecule has 0 saturated carbocycles. The number of morpholine rings is 2. The first-order valence-electron chi connectivity index (χ1n) is 19.4. The molecule has 3 aromatic carbocycles. The number of carbonyl (C=O) groups is 2. The van der Waals surface area contributed by atoms with Gasteiger partial charge in [-0.25, -0.2) is 18.2 Å². The summed E-state index contributed by atoms with van der Waals surface area (Å²) in [6.45, 7) is 7.39. The zero-order valence-corrected chi connectivity index (χ0v) is 35.1. The maximum atomic E-state index is 14.8. The first-order valence-corrected chi connectivity index (χ1v) is 20.5. The lowest BCUT2D eigenvalue weighted by Gasteiger charge is -2.37. The van der Waals surface area contributed by atoms with Crippen LogP contribution in [0.3, 0.4) is 0 Å². The number of nitrogens with zero attached hydrogens (tertiary/aromatic N) is 5. The number of ketones is 2. The fourth-order valence-corrected chi connectivity index (χ4v) is 7.60. The number of methoxy groups -OCH3 is 1. The van der Waals surface area contributed by atoms with Crippen molar-refractivity contribution < 1.29 is 41.7 Å². The van der Waals surface area contributed by atoms with Gasteiger partial charge in [0.1, 0.15) is 29.8 Å². The number of hydrogen-bond acceptors (Lipinski definition) is 12. The highest BCUT2D eigenvalue weighted by Gasteiger charge is 2.28. The number of Topliss-reactive ketones (excluding diaryl/α,β-unsaturated/α-hetero) is 2. The topological polar surface area (TPSA) is 128 Å². The molecule has 4 heterocycles. The molecule has 2 aliphatic rings. The van der Waals surface area contributed by atoms with Gasteiger partial charge in [-0.15, -0.1) is 0 Å². The smallest absolute Gasteiger partial charge is 0.229 e. The Bertz CT molecular complexity index is 2350. The molecular weight excluding hydrogens is 880 g/mol. The molecular formula is C43H44F3IN6O6. The average molecular weight is 925 g/mol. The molecule has 16 heteroatoms. The number of halogens is 4. The highest BCUT2D eigenvalue weighted by atomic mass is 127. The monoisotopic (exact) mass is 924 g/mol. The second-order valence-electron chi connectivity index (χ2n) is 14.5. The Balaban J connectivity index is 1.01. The van der Waals surface area contributed by atoms with Gasteiger partial charge < -0.3 is 34.1 Å². The normalized spacial score (nSPS) is 17.0. The molecule has 12 nitrogen and oxygen atoms in total. The molecule has 0 amide bonds. The van der Waals surface area contributed by atoms with E-state index in [0.717, 1.165) is 34.5 Å². The summed E-state index contributed by atoms with van der Waals surface area (Å²) < 4.78 is 66.6. The highest BCUT2D eigenvalue weighted by Crippen LogP contribution is 2.33. The zero-order valence-electron chi connectivity index (χ0n) is 32.9. The highest BCUT2D eigenvalue weighted by molar-refractivity contribution is 14.1. The third-order valence-electron chi connectivity index (χ3n) is 10.4. The molecule has 2 fully saturated rings. The van der Waals surface area contributed by atoms with Crippen molar-refractivity contribution in [1.82, 2.24) is 15.0 Å². The lowest BCUT2D eigenvalue weighted by molar-refractivity contribution is -0.120. The lowest BCUT2D eigenvalue weighted by Crippen LogP contribution is -2.46. The van der Waals surface area contributed by atoms with Gasteiger partial charge in [0.15, 0.2) is 23.1 Å². The second-order valence-corrected chi connectivity index (χ2v) is 15.7. The Morgan fingerprint density at radius 1 is 0.881 bits per heavy atom. The van der Waals surface area contributed by atoms with Crippen molar-refractivity contribution in [1.29, 1.82) is 0 Å². The SMILES string of the molecule is COc1ccc(-c2ccc3c(N4CCOC[C@H]4C)nc(N4CCOC[C@H]4C)nc3n2)cc1CCC(=O)CCOCC(=O)c1ccc(F)c(F)c1Nc1ccc(I)cc1F. The standard InChI is InChI=1S/C43H44F3IN6O6/c1-25-22-58-18-15-52(25)42-32-9-12-35(49-41(32)50-43(51-42)53-16-19-59-23-26(53)2)27-5-13-38(56-3)28(20-27)4-7-30(54)14-17-57-24-37(55)31-8-10-33(44)39(46)40(31)48-36-11-6-29(47)21-34(36)45/h5-6,8-13,20-21,25-26,48H,4,7,14-19,22-24H2,1-3H3/t25-,26-/m1/s1. The second kappa shape index (κ2) is 19.0. The number of nitrogens with one attached hydrogen (secondary N) is 1. The number of aryl methyl sites for hydroxylation is 1. The predicted molar refractivity (Wildman–Crippen MR) is 226 cm³/mol. The molecule has 0 spiro atoms. The molecule has 2 atom stereocenters. The zero-order chi connectivity index (χ0) is 41.6. The van der Waals surface area contributed by atoms with Crippen LogP contribution in [0.25, 0.3) is 22.3 Å². The van der Waals surface area contributed by atoms with Crippen molar-refractivity contribution in [3.05, 3.63) is 92.8 Å². The molecule has 2 aromatic heterocycles. The molecule has 7 rings (SSSR count). The molecule has 59 heavy (non-hydrogen) atoms. The minimum atomic E-state index is -1.33. The number of benzene rings is 3. The summed E-state index contributed by atoms with van der Waals surface area (Å²) in [7, 11) is 1.57. The van der Waals surface area contributed by atoms with Gasteiger partial charge in [0.05, 0.1) is 74.7 Å². The van der Waals surface area contributed by atoms with E-state index < -0.39 is 35.5 Å². The van der Waals surface area contributed by atoms with Crippen LogP contribution < -0.4 is 19.9 Å². The molecule has 0 radical (unpaired) electrons. The summed E-state index contributed by atoms with van der Waals surface area (Å²) in [5.74, 6) is -1.94. The largest absolute Gasteiger partial charge is 0.496 e. The molecule has 0 unspecified atom stereocenters. The Hall–Kier alpha value is -4.91. The fraction of sp³-hybridized carbons (Fsp3) is 0.372. The molecule has 5 aromatic rings. The fourth-order valence-electron chi connectivity index (χ4n) is 7.15. The van der Waals surface area contributed by atoms with Crippen LogP contribution in [0, 0.1) is 21.0 Å². The van der Waals surface area contributed by atoms with Crippen LogP contribution in [0.15, 0.2) is 60.7 Å². The Morgan fingerprint density at radius 2 is 1.64 bits per heavy atom. The van der Waals surface area contributed by atoms with Gasteiger partial charge >= 0.3 is 0 Å². The number of hydrogen-bond donors (Lipinski definition) is 1. The van der Waals surface area contributed by atoms with Crippen molar-refractivity contribution in [2.24, 2.45) is 0 Å². The van der Waals surface area contributed by atoms with Crippen LogP contribution in [0.1, 0.15) is 42.6 Å². The summed E-state index contributed by atoms with van der Waals surface area (Å²) >= 11 is 1.92. The van der Waals surface area contributed by atoms with E-state index in [4.69, 9.17) is 33.9 Å². The molecule has 2 saturated heterocycles. The maximum absolute atomic E-state index is 14.8. The third kappa shape index (κ3) is 9.77. The summed E-state index contributed by atoms with van der Waals surface area (Å²) in [5, 5.41) is 3.35.